The van der Waals surface area contributed by atoms with E-state index in [1.807, 2.05) is 0 Å². The third-order valence-corrected chi connectivity index (χ3v) is 5.65. The van der Waals surface area contributed by atoms with E-state index in [2.05, 4.69) is 89.5 Å². The smallest absolute Gasteiger partial charge is 0.0634 e. The van der Waals surface area contributed by atoms with Gasteiger partial charge in [-0.2, -0.15) is 0 Å². The molecular weight excluding hydrogens is 458 g/mol. The molecule has 0 saturated heterocycles. The van der Waals surface area contributed by atoms with Crippen LogP contribution < -0.4 is 5.32 Å². The average molecular weight is 474 g/mol. The maximum absolute atomic E-state index is 3.73. The summed E-state index contributed by atoms with van der Waals surface area (Å²) in [4.78, 5) is 0. The Morgan fingerprint density at radius 2 is 1.67 bits per heavy atom. The first-order chi connectivity index (χ1) is 10.1. The van der Waals surface area contributed by atoms with Crippen LogP contribution in [0.1, 0.15) is 36.4 Å². The minimum atomic E-state index is 0.373. The fraction of sp³-hybridized carbons (Fsp3) is 0.294. The van der Waals surface area contributed by atoms with Crippen LogP contribution in [0, 0.1) is 0 Å². The SMILES string of the molecule is Brc1cc(Br)c(NC2CCCCc3ccccc32)c(Br)c1. The monoisotopic (exact) mass is 471 g/mol. The molecule has 0 heterocycles. The Labute approximate surface area is 150 Å². The third-order valence-electron chi connectivity index (χ3n) is 3.94. The van der Waals surface area contributed by atoms with Crippen LogP contribution in [0.4, 0.5) is 5.69 Å². The molecule has 1 nitrogen and oxygen atoms in total. The lowest BCUT2D eigenvalue weighted by atomic mass is 9.99. The van der Waals surface area contributed by atoms with Crippen LogP contribution in [-0.2, 0) is 6.42 Å². The molecule has 0 amide bonds. The minimum absolute atomic E-state index is 0.373. The van der Waals surface area contributed by atoms with Crippen LogP contribution >= 0.6 is 47.8 Å². The Kier molecular flexibility index (Phi) is 5.07. The highest BCUT2D eigenvalue weighted by Gasteiger charge is 2.20. The van der Waals surface area contributed by atoms with E-state index >= 15 is 0 Å². The van der Waals surface area contributed by atoms with E-state index < -0.39 is 0 Å². The second-order valence-electron chi connectivity index (χ2n) is 5.39. The molecule has 110 valence electrons. The third kappa shape index (κ3) is 3.54. The van der Waals surface area contributed by atoms with E-state index in [0.29, 0.717) is 6.04 Å². The standard InChI is InChI=1S/C17H16Br3N/c18-12-9-14(19)17(15(20)10-12)21-16-8-4-2-6-11-5-1-3-7-13(11)16/h1,3,5,7,9-10,16,21H,2,4,6,8H2. The molecule has 0 aliphatic heterocycles. The summed E-state index contributed by atoms with van der Waals surface area (Å²) in [6.45, 7) is 0. The largest absolute Gasteiger partial charge is 0.376 e. The van der Waals surface area contributed by atoms with E-state index in [1.165, 1.54) is 36.8 Å². The molecule has 2 aromatic rings. The van der Waals surface area contributed by atoms with Gasteiger partial charge in [-0.1, -0.05) is 46.6 Å². The molecule has 0 radical (unpaired) electrons. The number of hydrogen-bond donors (Lipinski definition) is 1. The van der Waals surface area contributed by atoms with Gasteiger partial charge in [-0.25, -0.2) is 0 Å². The van der Waals surface area contributed by atoms with Crippen LogP contribution in [0.25, 0.3) is 0 Å². The van der Waals surface area contributed by atoms with E-state index in [4.69, 9.17) is 0 Å². The number of aryl methyl sites for hydroxylation is 1. The quantitative estimate of drug-likeness (QED) is 0.470. The summed E-state index contributed by atoms with van der Waals surface area (Å²) in [5.41, 5.74) is 4.05. The lowest BCUT2D eigenvalue weighted by Crippen LogP contribution is -2.12. The van der Waals surface area contributed by atoms with Crippen molar-refractivity contribution in [1.29, 1.82) is 0 Å². The van der Waals surface area contributed by atoms with Gasteiger partial charge in [0.25, 0.3) is 0 Å². The lowest BCUT2D eigenvalue weighted by Gasteiger charge is -2.22. The predicted molar refractivity (Wildman–Crippen MR) is 99.9 cm³/mol. The van der Waals surface area contributed by atoms with Gasteiger partial charge in [0, 0.05) is 13.4 Å². The Balaban J connectivity index is 1.95. The normalized spacial score (nSPS) is 18.0. The van der Waals surface area contributed by atoms with E-state index in [9.17, 15) is 0 Å². The molecule has 0 aromatic heterocycles. The van der Waals surface area contributed by atoms with Gasteiger partial charge in [0.15, 0.2) is 0 Å². The van der Waals surface area contributed by atoms with Gasteiger partial charge in [-0.05, 0) is 74.4 Å². The van der Waals surface area contributed by atoms with Crippen molar-refractivity contribution in [1.82, 2.24) is 0 Å². The van der Waals surface area contributed by atoms with Crippen LogP contribution in [-0.4, -0.2) is 0 Å². The first-order valence-corrected chi connectivity index (χ1v) is 9.52. The van der Waals surface area contributed by atoms with Gasteiger partial charge < -0.3 is 5.32 Å². The number of rotatable bonds is 2. The Morgan fingerprint density at radius 3 is 2.43 bits per heavy atom. The van der Waals surface area contributed by atoms with Gasteiger partial charge in [0.2, 0.25) is 0 Å². The Bertz CT molecular complexity index is 631. The number of nitrogens with one attached hydrogen (secondary N) is 1. The highest BCUT2D eigenvalue weighted by molar-refractivity contribution is 9.11. The molecule has 4 heteroatoms. The summed E-state index contributed by atoms with van der Waals surface area (Å²) in [5, 5.41) is 3.73. The molecular formula is C17H16Br3N. The van der Waals surface area contributed by atoms with Crippen molar-refractivity contribution >= 4 is 53.5 Å². The summed E-state index contributed by atoms with van der Waals surface area (Å²) in [5.74, 6) is 0. The summed E-state index contributed by atoms with van der Waals surface area (Å²) < 4.78 is 3.21. The summed E-state index contributed by atoms with van der Waals surface area (Å²) in [7, 11) is 0. The topological polar surface area (TPSA) is 12.0 Å². The molecule has 0 saturated carbocycles. The fourth-order valence-corrected chi connectivity index (χ4v) is 5.41. The number of hydrogen-bond acceptors (Lipinski definition) is 1. The first-order valence-electron chi connectivity index (χ1n) is 7.14. The molecule has 1 atom stereocenters. The first kappa shape index (κ1) is 15.6. The molecule has 0 bridgehead atoms. The van der Waals surface area contributed by atoms with Crippen molar-refractivity contribution in [3.05, 3.63) is 60.9 Å². The zero-order valence-corrected chi connectivity index (χ0v) is 16.3. The number of anilines is 1. The average Bonchev–Trinajstić information content (AvgIpc) is 2.65. The van der Waals surface area contributed by atoms with Gasteiger partial charge >= 0.3 is 0 Å². The maximum atomic E-state index is 3.73. The van der Waals surface area contributed by atoms with Crippen LogP contribution in [0.5, 0.6) is 0 Å². The molecule has 1 aliphatic rings. The van der Waals surface area contributed by atoms with Gasteiger partial charge in [-0.3, -0.25) is 0 Å². The molecule has 1 unspecified atom stereocenters. The zero-order valence-electron chi connectivity index (χ0n) is 11.5. The van der Waals surface area contributed by atoms with Crippen molar-refractivity contribution in [3.63, 3.8) is 0 Å². The highest BCUT2D eigenvalue weighted by Crippen LogP contribution is 2.39. The minimum Gasteiger partial charge on any atom is -0.376 e. The van der Waals surface area contributed by atoms with Crippen LogP contribution in [0.2, 0.25) is 0 Å². The lowest BCUT2D eigenvalue weighted by molar-refractivity contribution is 0.644. The Morgan fingerprint density at radius 1 is 0.952 bits per heavy atom. The van der Waals surface area contributed by atoms with Gasteiger partial charge in [0.1, 0.15) is 0 Å². The molecule has 21 heavy (non-hydrogen) atoms. The van der Waals surface area contributed by atoms with Crippen molar-refractivity contribution in [2.45, 2.75) is 31.7 Å². The Hall–Kier alpha value is -0.320. The number of halogens is 3. The van der Waals surface area contributed by atoms with Gasteiger partial charge in [-0.15, -0.1) is 0 Å². The van der Waals surface area contributed by atoms with E-state index in [0.717, 1.165) is 19.1 Å². The van der Waals surface area contributed by atoms with Crippen molar-refractivity contribution < 1.29 is 0 Å². The molecule has 2 aromatic carbocycles. The predicted octanol–water partition coefficient (Wildman–Crippen LogP) is 6.85. The number of benzene rings is 2. The highest BCUT2D eigenvalue weighted by atomic mass is 79.9. The maximum Gasteiger partial charge on any atom is 0.0634 e. The summed E-state index contributed by atoms with van der Waals surface area (Å²) in [6.07, 6.45) is 4.90. The van der Waals surface area contributed by atoms with Crippen LogP contribution in [0.3, 0.4) is 0 Å². The summed E-state index contributed by atoms with van der Waals surface area (Å²) in [6, 6.07) is 13.3. The second kappa shape index (κ2) is 6.84. The molecule has 0 fully saturated rings. The molecule has 3 rings (SSSR count). The molecule has 1 N–H and O–H groups in total. The molecule has 0 spiro atoms. The van der Waals surface area contributed by atoms with Crippen molar-refractivity contribution in [2.24, 2.45) is 0 Å². The second-order valence-corrected chi connectivity index (χ2v) is 8.01. The van der Waals surface area contributed by atoms with Crippen LogP contribution in [0.15, 0.2) is 49.8 Å². The summed E-state index contributed by atoms with van der Waals surface area (Å²) >= 11 is 10.8. The fourth-order valence-electron chi connectivity index (χ4n) is 2.93. The number of fused-ring (bicyclic) bond motifs is 1. The van der Waals surface area contributed by atoms with Crippen molar-refractivity contribution in [3.8, 4) is 0 Å². The van der Waals surface area contributed by atoms with Gasteiger partial charge in [0.05, 0.1) is 11.7 Å². The van der Waals surface area contributed by atoms with Crippen molar-refractivity contribution in [2.75, 3.05) is 5.32 Å². The zero-order chi connectivity index (χ0) is 14.8. The van der Waals surface area contributed by atoms with E-state index in [-0.39, 0.29) is 0 Å². The molecule has 1 aliphatic carbocycles. The van der Waals surface area contributed by atoms with E-state index in [1.54, 1.807) is 0 Å².